The standard InChI is InChI=1S/C24H23ClFN5O3S/c1-24(32)10-6-5-9-20(24)29-22-19(26)13-27-21(30-22)18-14-31(23-17(18)11-15(25)12-28-23)35(33,34)16-7-3-2-4-8-16/h2-4,7-8,11-14,20,32H,5-6,9-10H2,1H3,(H,27,29,30). The number of aliphatic hydroxyl groups is 1. The van der Waals surface area contributed by atoms with Gasteiger partial charge in [0.15, 0.2) is 23.1 Å². The first-order chi connectivity index (χ1) is 16.7. The van der Waals surface area contributed by atoms with Crippen LogP contribution in [0.2, 0.25) is 5.02 Å². The highest BCUT2D eigenvalue weighted by Gasteiger charge is 2.35. The maximum Gasteiger partial charge on any atom is 0.269 e. The van der Waals surface area contributed by atoms with Crippen LogP contribution in [0.3, 0.4) is 0 Å². The number of nitrogens with one attached hydrogen (secondary N) is 1. The van der Waals surface area contributed by atoms with Gasteiger partial charge in [-0.2, -0.15) is 0 Å². The number of pyridine rings is 1. The molecule has 0 radical (unpaired) electrons. The summed E-state index contributed by atoms with van der Waals surface area (Å²) in [5, 5.41) is 14.5. The molecule has 35 heavy (non-hydrogen) atoms. The fourth-order valence-corrected chi connectivity index (χ4v) is 5.93. The van der Waals surface area contributed by atoms with Crippen molar-refractivity contribution in [1.82, 2.24) is 18.9 Å². The third-order valence-corrected chi connectivity index (χ3v) is 8.22. The van der Waals surface area contributed by atoms with E-state index in [4.69, 9.17) is 11.6 Å². The van der Waals surface area contributed by atoms with Crippen LogP contribution >= 0.6 is 11.6 Å². The van der Waals surface area contributed by atoms with Crippen molar-refractivity contribution in [3.8, 4) is 11.4 Å². The molecule has 1 aromatic carbocycles. The van der Waals surface area contributed by atoms with Gasteiger partial charge in [-0.25, -0.2) is 31.7 Å². The van der Waals surface area contributed by atoms with Crippen LogP contribution in [-0.4, -0.2) is 44.1 Å². The van der Waals surface area contributed by atoms with Crippen molar-refractivity contribution in [1.29, 1.82) is 0 Å². The molecule has 5 rings (SSSR count). The van der Waals surface area contributed by atoms with Gasteiger partial charge in [0.2, 0.25) is 0 Å². The highest BCUT2D eigenvalue weighted by Crippen LogP contribution is 2.34. The Hall–Kier alpha value is -3.08. The average Bonchev–Trinajstić information content (AvgIpc) is 3.21. The molecule has 1 aliphatic carbocycles. The molecule has 0 spiro atoms. The quantitative estimate of drug-likeness (QED) is 0.398. The minimum atomic E-state index is -3.99. The summed E-state index contributed by atoms with van der Waals surface area (Å²) in [5.41, 5.74) is -0.536. The number of aromatic nitrogens is 4. The van der Waals surface area contributed by atoms with E-state index in [1.165, 1.54) is 24.5 Å². The van der Waals surface area contributed by atoms with Crippen molar-refractivity contribution in [3.63, 3.8) is 0 Å². The van der Waals surface area contributed by atoms with Gasteiger partial charge in [-0.1, -0.05) is 42.6 Å². The molecule has 1 aliphatic rings. The highest BCUT2D eigenvalue weighted by molar-refractivity contribution is 7.90. The second-order valence-electron chi connectivity index (χ2n) is 8.87. The van der Waals surface area contributed by atoms with Crippen LogP contribution in [0.4, 0.5) is 10.2 Å². The van der Waals surface area contributed by atoms with Gasteiger partial charge in [0.1, 0.15) is 0 Å². The Morgan fingerprint density at radius 3 is 2.71 bits per heavy atom. The highest BCUT2D eigenvalue weighted by atomic mass is 35.5. The maximum absolute atomic E-state index is 14.7. The molecule has 2 N–H and O–H groups in total. The molecule has 182 valence electrons. The van der Waals surface area contributed by atoms with E-state index in [0.717, 1.165) is 23.0 Å². The van der Waals surface area contributed by atoms with E-state index in [0.29, 0.717) is 28.8 Å². The van der Waals surface area contributed by atoms with Crippen molar-refractivity contribution in [2.24, 2.45) is 0 Å². The number of hydrogen-bond donors (Lipinski definition) is 2. The molecule has 0 bridgehead atoms. The lowest BCUT2D eigenvalue weighted by Crippen LogP contribution is -2.47. The molecule has 1 saturated carbocycles. The summed E-state index contributed by atoms with van der Waals surface area (Å²) in [6.07, 6.45) is 6.81. The van der Waals surface area contributed by atoms with Crippen molar-refractivity contribution >= 4 is 38.5 Å². The SMILES string of the molecule is CC1(O)CCCCC1Nc1nc(-c2cn(S(=O)(=O)c3ccccc3)c3ncc(Cl)cc23)ncc1F. The second kappa shape index (κ2) is 8.85. The Morgan fingerprint density at radius 2 is 1.97 bits per heavy atom. The summed E-state index contributed by atoms with van der Waals surface area (Å²) in [6, 6.07) is 9.15. The Labute approximate surface area is 206 Å². The first-order valence-corrected chi connectivity index (χ1v) is 13.0. The smallest absolute Gasteiger partial charge is 0.269 e. The third kappa shape index (κ3) is 4.37. The van der Waals surface area contributed by atoms with Gasteiger partial charge >= 0.3 is 0 Å². The second-order valence-corrected chi connectivity index (χ2v) is 11.1. The molecular weight excluding hydrogens is 493 g/mol. The van der Waals surface area contributed by atoms with E-state index in [1.54, 1.807) is 31.2 Å². The minimum absolute atomic E-state index is 0.0658. The number of nitrogens with zero attached hydrogens (tertiary/aromatic N) is 4. The van der Waals surface area contributed by atoms with E-state index < -0.39 is 21.4 Å². The Bertz CT molecular complexity index is 1510. The van der Waals surface area contributed by atoms with Gasteiger partial charge in [0.05, 0.1) is 27.8 Å². The average molecular weight is 516 g/mol. The van der Waals surface area contributed by atoms with Crippen LogP contribution < -0.4 is 5.32 Å². The van der Waals surface area contributed by atoms with Gasteiger partial charge in [0, 0.05) is 23.3 Å². The number of benzene rings is 1. The van der Waals surface area contributed by atoms with Crippen LogP contribution in [0, 0.1) is 5.82 Å². The lowest BCUT2D eigenvalue weighted by molar-refractivity contribution is 0.0103. The van der Waals surface area contributed by atoms with E-state index in [1.807, 2.05) is 0 Å². The van der Waals surface area contributed by atoms with Crippen LogP contribution in [0.1, 0.15) is 32.6 Å². The molecule has 3 aromatic heterocycles. The largest absolute Gasteiger partial charge is 0.388 e. The van der Waals surface area contributed by atoms with Crippen LogP contribution in [0.5, 0.6) is 0 Å². The number of halogens is 2. The van der Waals surface area contributed by atoms with Crippen molar-refractivity contribution < 1.29 is 17.9 Å². The van der Waals surface area contributed by atoms with Crippen LogP contribution in [-0.2, 0) is 10.0 Å². The summed E-state index contributed by atoms with van der Waals surface area (Å²) in [7, 11) is -3.99. The summed E-state index contributed by atoms with van der Waals surface area (Å²) >= 11 is 6.17. The van der Waals surface area contributed by atoms with Gasteiger partial charge in [-0.15, -0.1) is 0 Å². The van der Waals surface area contributed by atoms with Crippen LogP contribution in [0.25, 0.3) is 22.4 Å². The Morgan fingerprint density at radius 1 is 1.20 bits per heavy atom. The molecule has 1 fully saturated rings. The monoisotopic (exact) mass is 515 g/mol. The Kier molecular flexibility index (Phi) is 5.98. The zero-order valence-corrected chi connectivity index (χ0v) is 20.4. The van der Waals surface area contributed by atoms with Gasteiger partial charge in [-0.3, -0.25) is 0 Å². The lowest BCUT2D eigenvalue weighted by atomic mass is 9.82. The van der Waals surface area contributed by atoms with Crippen molar-refractivity contribution in [2.75, 3.05) is 5.32 Å². The molecular formula is C24H23ClFN5O3S. The fraction of sp³-hybridized carbons (Fsp3) is 0.292. The van der Waals surface area contributed by atoms with Gasteiger partial charge in [0.25, 0.3) is 10.0 Å². The van der Waals surface area contributed by atoms with Gasteiger partial charge < -0.3 is 10.4 Å². The van der Waals surface area contributed by atoms with E-state index in [9.17, 15) is 17.9 Å². The molecule has 11 heteroatoms. The predicted molar refractivity (Wildman–Crippen MR) is 131 cm³/mol. The number of rotatable bonds is 5. The van der Waals surface area contributed by atoms with Crippen molar-refractivity contribution in [3.05, 3.63) is 65.8 Å². The third-order valence-electron chi connectivity index (χ3n) is 6.35. The molecule has 0 saturated heterocycles. The fourth-order valence-electron chi connectivity index (χ4n) is 4.43. The molecule has 2 unspecified atom stereocenters. The first-order valence-electron chi connectivity index (χ1n) is 11.2. The summed E-state index contributed by atoms with van der Waals surface area (Å²) in [4.78, 5) is 12.8. The summed E-state index contributed by atoms with van der Waals surface area (Å²) < 4.78 is 42.5. The first kappa shape index (κ1) is 23.7. The summed E-state index contributed by atoms with van der Waals surface area (Å²) in [6.45, 7) is 1.72. The molecule has 3 heterocycles. The van der Waals surface area contributed by atoms with E-state index in [2.05, 4.69) is 20.3 Å². The topological polar surface area (TPSA) is 110 Å². The summed E-state index contributed by atoms with van der Waals surface area (Å²) in [5.74, 6) is -0.642. The molecule has 4 aromatic rings. The number of anilines is 1. The normalized spacial score (nSPS) is 20.7. The lowest BCUT2D eigenvalue weighted by Gasteiger charge is -2.37. The molecule has 0 amide bonds. The zero-order valence-electron chi connectivity index (χ0n) is 18.8. The maximum atomic E-state index is 14.7. The zero-order chi connectivity index (χ0) is 24.8. The number of hydrogen-bond acceptors (Lipinski definition) is 7. The van der Waals surface area contributed by atoms with Crippen molar-refractivity contribution in [2.45, 2.75) is 49.1 Å². The van der Waals surface area contributed by atoms with E-state index in [-0.39, 0.29) is 28.2 Å². The molecule has 8 nitrogen and oxygen atoms in total. The van der Waals surface area contributed by atoms with E-state index >= 15 is 0 Å². The minimum Gasteiger partial charge on any atom is -0.388 e. The number of fused-ring (bicyclic) bond motifs is 1. The Balaban J connectivity index is 1.63. The molecule has 2 atom stereocenters. The van der Waals surface area contributed by atoms with Gasteiger partial charge in [-0.05, 0) is 38.0 Å². The molecule has 0 aliphatic heterocycles. The van der Waals surface area contributed by atoms with Crippen LogP contribution in [0.15, 0.2) is 59.9 Å². The predicted octanol–water partition coefficient (Wildman–Crippen LogP) is 4.63.